The summed E-state index contributed by atoms with van der Waals surface area (Å²) in [5.74, 6) is 0.962. The summed E-state index contributed by atoms with van der Waals surface area (Å²) < 4.78 is 0. The van der Waals surface area contributed by atoms with E-state index in [-0.39, 0.29) is 0 Å². The Bertz CT molecular complexity index is 128. The van der Waals surface area contributed by atoms with Crippen molar-refractivity contribution in [3.05, 3.63) is 0 Å². The van der Waals surface area contributed by atoms with Gasteiger partial charge in [0.25, 0.3) is 0 Å². The Hall–Kier alpha value is -0.0800. The molecular formula is C12H26N2. The lowest BCUT2D eigenvalue weighted by molar-refractivity contribution is 0.190. The molecule has 0 radical (unpaired) electrons. The van der Waals surface area contributed by atoms with Crippen LogP contribution in [0.2, 0.25) is 0 Å². The van der Waals surface area contributed by atoms with Crippen LogP contribution in [0.15, 0.2) is 0 Å². The molecule has 1 N–H and O–H groups in total. The molecule has 0 aliphatic carbocycles. The van der Waals surface area contributed by atoms with Crippen LogP contribution < -0.4 is 5.32 Å². The lowest BCUT2D eigenvalue weighted by Gasteiger charge is -2.30. The van der Waals surface area contributed by atoms with Gasteiger partial charge in [-0.2, -0.15) is 0 Å². The minimum Gasteiger partial charge on any atom is -0.317 e. The summed E-state index contributed by atoms with van der Waals surface area (Å²) in [5, 5.41) is 3.46. The van der Waals surface area contributed by atoms with Crippen molar-refractivity contribution in [3.8, 4) is 0 Å². The highest BCUT2D eigenvalue weighted by molar-refractivity contribution is 4.69. The molecule has 0 unspecified atom stereocenters. The smallest absolute Gasteiger partial charge is 0.000664 e. The van der Waals surface area contributed by atoms with E-state index in [0.717, 1.165) is 5.92 Å². The van der Waals surface area contributed by atoms with Crippen molar-refractivity contribution in [2.24, 2.45) is 5.92 Å². The van der Waals surface area contributed by atoms with Crippen LogP contribution in [0.1, 0.15) is 39.5 Å². The van der Waals surface area contributed by atoms with Gasteiger partial charge in [-0.25, -0.2) is 0 Å². The van der Waals surface area contributed by atoms with E-state index in [1.54, 1.807) is 0 Å². The summed E-state index contributed by atoms with van der Waals surface area (Å²) in [6, 6.07) is 0. The fraction of sp³-hybridized carbons (Fsp3) is 1.00. The van der Waals surface area contributed by atoms with Crippen LogP contribution >= 0.6 is 0 Å². The largest absolute Gasteiger partial charge is 0.317 e. The fourth-order valence-electron chi connectivity index (χ4n) is 2.02. The first kappa shape index (κ1) is 12.0. The third kappa shape index (κ3) is 4.97. The van der Waals surface area contributed by atoms with Crippen LogP contribution in [0.5, 0.6) is 0 Å². The SMILES string of the molecule is CCCNCCCN1CCC(C)CC1. The minimum absolute atomic E-state index is 0.962. The van der Waals surface area contributed by atoms with Gasteiger partial charge < -0.3 is 10.2 Å². The normalized spacial score (nSPS) is 20.1. The molecule has 2 heteroatoms. The van der Waals surface area contributed by atoms with Gasteiger partial charge in [0.2, 0.25) is 0 Å². The van der Waals surface area contributed by atoms with Crippen molar-refractivity contribution >= 4 is 0 Å². The fourth-order valence-corrected chi connectivity index (χ4v) is 2.02. The second-order valence-electron chi connectivity index (χ2n) is 4.63. The number of nitrogens with one attached hydrogen (secondary N) is 1. The first-order chi connectivity index (χ1) is 6.83. The minimum atomic E-state index is 0.962. The predicted octanol–water partition coefficient (Wildman–Crippen LogP) is 2.11. The molecule has 0 atom stereocenters. The van der Waals surface area contributed by atoms with Gasteiger partial charge in [-0.15, -0.1) is 0 Å². The van der Waals surface area contributed by atoms with Crippen molar-refractivity contribution in [1.29, 1.82) is 0 Å². The third-order valence-corrected chi connectivity index (χ3v) is 3.13. The van der Waals surface area contributed by atoms with E-state index in [2.05, 4.69) is 24.1 Å². The zero-order chi connectivity index (χ0) is 10.2. The summed E-state index contributed by atoms with van der Waals surface area (Å²) in [6.07, 6.45) is 5.38. The van der Waals surface area contributed by atoms with Crippen molar-refractivity contribution in [2.75, 3.05) is 32.7 Å². The Balaban J connectivity index is 1.91. The highest BCUT2D eigenvalue weighted by atomic mass is 15.1. The summed E-state index contributed by atoms with van der Waals surface area (Å²) in [7, 11) is 0. The first-order valence-corrected chi connectivity index (χ1v) is 6.26. The molecule has 1 heterocycles. The number of piperidine rings is 1. The Labute approximate surface area is 89.1 Å². The van der Waals surface area contributed by atoms with Crippen molar-refractivity contribution in [3.63, 3.8) is 0 Å². The molecule has 0 aromatic rings. The summed E-state index contributed by atoms with van der Waals surface area (Å²) in [6.45, 7) is 10.9. The number of rotatable bonds is 6. The van der Waals surface area contributed by atoms with Crippen LogP contribution in [0, 0.1) is 5.92 Å². The standard InChI is InChI=1S/C12H26N2/c1-3-7-13-8-4-9-14-10-5-12(2)6-11-14/h12-13H,3-11H2,1-2H3. The molecule has 1 aliphatic rings. The van der Waals surface area contributed by atoms with Crippen LogP contribution in [0.3, 0.4) is 0 Å². The van der Waals surface area contributed by atoms with Crippen LogP contribution in [0.25, 0.3) is 0 Å². The topological polar surface area (TPSA) is 15.3 Å². The maximum absolute atomic E-state index is 3.46. The van der Waals surface area contributed by atoms with E-state index in [4.69, 9.17) is 0 Å². The molecule has 1 aliphatic heterocycles. The second-order valence-corrected chi connectivity index (χ2v) is 4.63. The molecule has 84 valence electrons. The van der Waals surface area contributed by atoms with Gasteiger partial charge in [-0.05, 0) is 64.3 Å². The molecule has 2 nitrogen and oxygen atoms in total. The maximum atomic E-state index is 3.46. The van der Waals surface area contributed by atoms with Gasteiger partial charge in [-0.3, -0.25) is 0 Å². The van der Waals surface area contributed by atoms with E-state index in [9.17, 15) is 0 Å². The van der Waals surface area contributed by atoms with Crippen LogP contribution in [0.4, 0.5) is 0 Å². The Morgan fingerprint density at radius 3 is 2.57 bits per heavy atom. The highest BCUT2D eigenvalue weighted by Gasteiger charge is 2.14. The van der Waals surface area contributed by atoms with Gasteiger partial charge in [-0.1, -0.05) is 13.8 Å². The maximum Gasteiger partial charge on any atom is -0.000664 e. The average Bonchev–Trinajstić information content (AvgIpc) is 2.21. The molecular weight excluding hydrogens is 172 g/mol. The van der Waals surface area contributed by atoms with E-state index in [0.29, 0.717) is 0 Å². The Morgan fingerprint density at radius 1 is 1.21 bits per heavy atom. The molecule has 1 fully saturated rings. The zero-order valence-electron chi connectivity index (χ0n) is 9.89. The van der Waals surface area contributed by atoms with E-state index in [1.807, 2.05) is 0 Å². The number of nitrogens with zero attached hydrogens (tertiary/aromatic N) is 1. The quantitative estimate of drug-likeness (QED) is 0.658. The second kappa shape index (κ2) is 7.24. The molecule has 0 spiro atoms. The lowest BCUT2D eigenvalue weighted by atomic mass is 9.99. The zero-order valence-corrected chi connectivity index (χ0v) is 9.89. The van der Waals surface area contributed by atoms with Gasteiger partial charge in [0.15, 0.2) is 0 Å². The van der Waals surface area contributed by atoms with E-state index >= 15 is 0 Å². The van der Waals surface area contributed by atoms with Crippen molar-refractivity contribution in [1.82, 2.24) is 10.2 Å². The number of hydrogen-bond acceptors (Lipinski definition) is 2. The molecule has 0 amide bonds. The van der Waals surface area contributed by atoms with Crippen molar-refractivity contribution < 1.29 is 0 Å². The number of hydrogen-bond donors (Lipinski definition) is 1. The molecule has 14 heavy (non-hydrogen) atoms. The Morgan fingerprint density at radius 2 is 1.93 bits per heavy atom. The lowest BCUT2D eigenvalue weighted by Crippen LogP contribution is -2.34. The van der Waals surface area contributed by atoms with E-state index < -0.39 is 0 Å². The van der Waals surface area contributed by atoms with E-state index in [1.165, 1.54) is 58.4 Å². The predicted molar refractivity (Wildman–Crippen MR) is 62.6 cm³/mol. The van der Waals surface area contributed by atoms with Crippen LogP contribution in [-0.4, -0.2) is 37.6 Å². The van der Waals surface area contributed by atoms with Gasteiger partial charge in [0, 0.05) is 0 Å². The van der Waals surface area contributed by atoms with Crippen molar-refractivity contribution in [2.45, 2.75) is 39.5 Å². The molecule has 0 saturated carbocycles. The van der Waals surface area contributed by atoms with Gasteiger partial charge in [0.05, 0.1) is 0 Å². The molecule has 0 aromatic heterocycles. The molecule has 1 saturated heterocycles. The summed E-state index contributed by atoms with van der Waals surface area (Å²) >= 11 is 0. The first-order valence-electron chi connectivity index (χ1n) is 6.26. The van der Waals surface area contributed by atoms with Gasteiger partial charge >= 0.3 is 0 Å². The highest BCUT2D eigenvalue weighted by Crippen LogP contribution is 2.15. The molecule has 0 bridgehead atoms. The summed E-state index contributed by atoms with van der Waals surface area (Å²) in [5.41, 5.74) is 0. The average molecular weight is 198 g/mol. The number of likely N-dealkylation sites (tertiary alicyclic amines) is 1. The monoisotopic (exact) mass is 198 g/mol. The van der Waals surface area contributed by atoms with Crippen LogP contribution in [-0.2, 0) is 0 Å². The Kier molecular flexibility index (Phi) is 6.20. The van der Waals surface area contributed by atoms with Gasteiger partial charge in [0.1, 0.15) is 0 Å². The molecule has 0 aromatic carbocycles. The summed E-state index contributed by atoms with van der Waals surface area (Å²) in [4.78, 5) is 2.62. The third-order valence-electron chi connectivity index (χ3n) is 3.13. The molecule has 1 rings (SSSR count).